The normalized spacial score (nSPS) is 18.8. The summed E-state index contributed by atoms with van der Waals surface area (Å²) in [5.41, 5.74) is 0. The number of aryl methyl sites for hydroxylation is 1. The standard InChI is InChI=1S/C13H21N3OS.2ClH/c1-9-8-15-13(18-9)10(2)16-12(17)6-5-11-4-3-7-14-11;;/h8,10-11,14H,3-7H2,1-2H3,(H,16,17);2*1H. The van der Waals surface area contributed by atoms with E-state index in [1.165, 1.54) is 17.7 Å². The van der Waals surface area contributed by atoms with Crippen LogP contribution >= 0.6 is 36.2 Å². The molecule has 0 bridgehead atoms. The van der Waals surface area contributed by atoms with Crippen molar-refractivity contribution in [3.63, 3.8) is 0 Å². The van der Waals surface area contributed by atoms with Crippen molar-refractivity contribution in [1.82, 2.24) is 15.6 Å². The Morgan fingerprint density at radius 2 is 2.35 bits per heavy atom. The molecule has 4 nitrogen and oxygen atoms in total. The highest BCUT2D eigenvalue weighted by Gasteiger charge is 2.17. The van der Waals surface area contributed by atoms with Crippen LogP contribution in [0.3, 0.4) is 0 Å². The molecular formula is C13H23Cl2N3OS. The third-order valence-electron chi connectivity index (χ3n) is 3.27. The minimum Gasteiger partial charge on any atom is -0.347 e. The summed E-state index contributed by atoms with van der Waals surface area (Å²) in [5.74, 6) is 0.129. The first-order valence-corrected chi connectivity index (χ1v) is 7.42. The van der Waals surface area contributed by atoms with E-state index in [1.54, 1.807) is 11.3 Å². The highest BCUT2D eigenvalue weighted by Crippen LogP contribution is 2.19. The summed E-state index contributed by atoms with van der Waals surface area (Å²) in [5, 5.41) is 7.41. The molecule has 1 aromatic rings. The molecule has 2 rings (SSSR count). The quantitative estimate of drug-likeness (QED) is 0.866. The van der Waals surface area contributed by atoms with Crippen LogP contribution in [-0.4, -0.2) is 23.5 Å². The van der Waals surface area contributed by atoms with Gasteiger partial charge in [-0.3, -0.25) is 4.79 Å². The molecule has 0 saturated carbocycles. The number of aromatic nitrogens is 1. The largest absolute Gasteiger partial charge is 0.347 e. The number of nitrogens with one attached hydrogen (secondary N) is 2. The SMILES string of the molecule is Cc1cnc(C(C)NC(=O)CCC2CCCN2)s1.Cl.Cl. The van der Waals surface area contributed by atoms with Crippen molar-refractivity contribution in [2.75, 3.05) is 6.54 Å². The van der Waals surface area contributed by atoms with Gasteiger partial charge in [0.2, 0.25) is 5.91 Å². The number of hydrogen-bond acceptors (Lipinski definition) is 4. The molecule has 1 saturated heterocycles. The van der Waals surface area contributed by atoms with Crippen LogP contribution in [0.15, 0.2) is 6.20 Å². The fraction of sp³-hybridized carbons (Fsp3) is 0.692. The summed E-state index contributed by atoms with van der Waals surface area (Å²) in [6.07, 6.45) is 5.84. The first-order valence-electron chi connectivity index (χ1n) is 6.60. The number of halogens is 2. The summed E-state index contributed by atoms with van der Waals surface area (Å²) >= 11 is 1.64. The Morgan fingerprint density at radius 1 is 1.60 bits per heavy atom. The lowest BCUT2D eigenvalue weighted by atomic mass is 10.1. The van der Waals surface area contributed by atoms with Gasteiger partial charge in [0.25, 0.3) is 0 Å². The lowest BCUT2D eigenvalue weighted by molar-refractivity contribution is -0.121. The average Bonchev–Trinajstić information content (AvgIpc) is 2.97. The van der Waals surface area contributed by atoms with Gasteiger partial charge in [0, 0.05) is 23.5 Å². The monoisotopic (exact) mass is 339 g/mol. The molecule has 116 valence electrons. The van der Waals surface area contributed by atoms with Crippen molar-refractivity contribution in [2.45, 2.75) is 51.6 Å². The third-order valence-corrected chi connectivity index (χ3v) is 4.36. The number of nitrogens with zero attached hydrogens (tertiary/aromatic N) is 1. The van der Waals surface area contributed by atoms with Crippen LogP contribution in [0, 0.1) is 6.92 Å². The van der Waals surface area contributed by atoms with Gasteiger partial charge in [0.1, 0.15) is 5.01 Å². The van der Waals surface area contributed by atoms with E-state index in [0.717, 1.165) is 18.0 Å². The molecule has 0 aliphatic carbocycles. The Balaban J connectivity index is 0.00000180. The summed E-state index contributed by atoms with van der Waals surface area (Å²) in [7, 11) is 0. The molecular weight excluding hydrogens is 317 g/mol. The van der Waals surface area contributed by atoms with Gasteiger partial charge >= 0.3 is 0 Å². The van der Waals surface area contributed by atoms with E-state index in [4.69, 9.17) is 0 Å². The van der Waals surface area contributed by atoms with E-state index in [2.05, 4.69) is 15.6 Å². The van der Waals surface area contributed by atoms with Gasteiger partial charge in [-0.2, -0.15) is 0 Å². The minimum atomic E-state index is 0. The lowest BCUT2D eigenvalue weighted by Gasteiger charge is -2.13. The fourth-order valence-corrected chi connectivity index (χ4v) is 3.03. The zero-order valence-corrected chi connectivity index (χ0v) is 14.3. The molecule has 2 heterocycles. The van der Waals surface area contributed by atoms with Crippen LogP contribution in [0.5, 0.6) is 0 Å². The van der Waals surface area contributed by atoms with Gasteiger partial charge in [0.05, 0.1) is 6.04 Å². The summed E-state index contributed by atoms with van der Waals surface area (Å²) < 4.78 is 0. The number of carbonyl (C=O) groups excluding carboxylic acids is 1. The Morgan fingerprint density at radius 3 is 2.90 bits per heavy atom. The van der Waals surface area contributed by atoms with Crippen LogP contribution < -0.4 is 10.6 Å². The smallest absolute Gasteiger partial charge is 0.220 e. The van der Waals surface area contributed by atoms with Gasteiger partial charge < -0.3 is 10.6 Å². The van der Waals surface area contributed by atoms with Crippen molar-refractivity contribution in [3.8, 4) is 0 Å². The molecule has 0 aromatic carbocycles. The van der Waals surface area contributed by atoms with Crippen LogP contribution in [-0.2, 0) is 4.79 Å². The number of amides is 1. The molecule has 1 amide bonds. The average molecular weight is 340 g/mol. The molecule has 0 spiro atoms. The second-order valence-electron chi connectivity index (χ2n) is 4.93. The highest BCUT2D eigenvalue weighted by atomic mass is 35.5. The van der Waals surface area contributed by atoms with E-state index in [1.807, 2.05) is 20.0 Å². The van der Waals surface area contributed by atoms with E-state index < -0.39 is 0 Å². The Bertz CT molecular complexity index is 408. The van der Waals surface area contributed by atoms with Crippen molar-refractivity contribution in [2.24, 2.45) is 0 Å². The summed E-state index contributed by atoms with van der Waals surface area (Å²) in [6, 6.07) is 0.556. The van der Waals surface area contributed by atoms with Gasteiger partial charge in [-0.1, -0.05) is 0 Å². The molecule has 2 N–H and O–H groups in total. The predicted molar refractivity (Wildman–Crippen MR) is 88.2 cm³/mol. The van der Waals surface area contributed by atoms with Crippen molar-refractivity contribution in [3.05, 3.63) is 16.1 Å². The third kappa shape index (κ3) is 5.95. The van der Waals surface area contributed by atoms with E-state index in [9.17, 15) is 4.79 Å². The molecule has 1 aliphatic heterocycles. The zero-order chi connectivity index (χ0) is 13.0. The molecule has 2 atom stereocenters. The molecule has 20 heavy (non-hydrogen) atoms. The minimum absolute atomic E-state index is 0. The maximum atomic E-state index is 11.8. The number of rotatable bonds is 5. The first-order chi connectivity index (χ1) is 8.65. The Hall–Kier alpha value is -0.360. The molecule has 1 aliphatic rings. The van der Waals surface area contributed by atoms with Crippen molar-refractivity contribution >= 4 is 42.1 Å². The van der Waals surface area contributed by atoms with Crippen LogP contribution in [0.1, 0.15) is 48.5 Å². The topological polar surface area (TPSA) is 54.0 Å². The second kappa shape index (κ2) is 9.55. The van der Waals surface area contributed by atoms with Gasteiger partial charge in [0.15, 0.2) is 0 Å². The Labute approximate surface area is 137 Å². The predicted octanol–water partition coefficient (Wildman–Crippen LogP) is 3.00. The number of hydrogen-bond donors (Lipinski definition) is 2. The van der Waals surface area contributed by atoms with Gasteiger partial charge in [-0.05, 0) is 39.7 Å². The maximum absolute atomic E-state index is 11.8. The van der Waals surface area contributed by atoms with Gasteiger partial charge in [-0.25, -0.2) is 4.98 Å². The number of thiazole rings is 1. The maximum Gasteiger partial charge on any atom is 0.220 e. The lowest BCUT2D eigenvalue weighted by Crippen LogP contribution is -2.29. The fourth-order valence-electron chi connectivity index (χ4n) is 2.26. The Kier molecular flexibility index (Phi) is 9.38. The molecule has 7 heteroatoms. The summed E-state index contributed by atoms with van der Waals surface area (Å²) in [4.78, 5) is 17.3. The van der Waals surface area contributed by atoms with Crippen molar-refractivity contribution < 1.29 is 4.79 Å². The highest BCUT2D eigenvalue weighted by molar-refractivity contribution is 7.11. The molecule has 0 radical (unpaired) electrons. The summed E-state index contributed by atoms with van der Waals surface area (Å²) in [6.45, 7) is 5.12. The second-order valence-corrected chi connectivity index (χ2v) is 6.20. The van der Waals surface area contributed by atoms with Crippen LogP contribution in [0.25, 0.3) is 0 Å². The van der Waals surface area contributed by atoms with E-state index >= 15 is 0 Å². The molecule has 1 aromatic heterocycles. The van der Waals surface area contributed by atoms with Crippen molar-refractivity contribution in [1.29, 1.82) is 0 Å². The van der Waals surface area contributed by atoms with Crippen LogP contribution in [0.4, 0.5) is 0 Å². The van der Waals surface area contributed by atoms with E-state index in [0.29, 0.717) is 12.5 Å². The van der Waals surface area contributed by atoms with Gasteiger partial charge in [-0.15, -0.1) is 36.2 Å². The first kappa shape index (κ1) is 19.6. The molecule has 2 unspecified atom stereocenters. The number of carbonyl (C=O) groups is 1. The van der Waals surface area contributed by atoms with E-state index in [-0.39, 0.29) is 36.8 Å². The zero-order valence-electron chi connectivity index (χ0n) is 11.8. The molecule has 1 fully saturated rings. The van der Waals surface area contributed by atoms with Crippen LogP contribution in [0.2, 0.25) is 0 Å².